The van der Waals surface area contributed by atoms with Crippen LogP contribution in [-0.4, -0.2) is 43.2 Å². The van der Waals surface area contributed by atoms with Gasteiger partial charge in [0.05, 0.1) is 4.90 Å². The molecule has 4 aliphatic rings. The number of carbonyl (C=O) groups is 2. The highest BCUT2D eigenvalue weighted by Crippen LogP contribution is 2.60. The summed E-state index contributed by atoms with van der Waals surface area (Å²) in [4.78, 5) is 25.6. The molecule has 2 amide bonds. The van der Waals surface area contributed by atoms with E-state index in [1.807, 2.05) is 0 Å². The maximum atomic E-state index is 13.4. The van der Waals surface area contributed by atoms with Gasteiger partial charge in [0.1, 0.15) is 5.54 Å². The van der Waals surface area contributed by atoms with Crippen LogP contribution in [0.15, 0.2) is 33.6 Å². The van der Waals surface area contributed by atoms with Gasteiger partial charge in [0.25, 0.3) is 0 Å². The highest BCUT2D eigenvalue weighted by Gasteiger charge is 2.58. The van der Waals surface area contributed by atoms with Crippen molar-refractivity contribution in [3.8, 4) is 0 Å². The van der Waals surface area contributed by atoms with Crippen LogP contribution in [0.25, 0.3) is 0 Å². The van der Waals surface area contributed by atoms with Crippen molar-refractivity contribution in [2.24, 2.45) is 28.9 Å². The van der Waals surface area contributed by atoms with Crippen LogP contribution >= 0.6 is 15.9 Å². The summed E-state index contributed by atoms with van der Waals surface area (Å²) in [5.74, 6) is 0.379. The summed E-state index contributed by atoms with van der Waals surface area (Å²) in [6, 6.07) is 6.53. The molecule has 1 aromatic rings. The van der Waals surface area contributed by atoms with Gasteiger partial charge in [-0.3, -0.25) is 9.59 Å². The lowest BCUT2D eigenvalue weighted by atomic mass is 9.47. The molecule has 0 spiro atoms. The van der Waals surface area contributed by atoms with Crippen molar-refractivity contribution in [2.45, 2.75) is 62.4 Å². The fourth-order valence-electron chi connectivity index (χ4n) is 6.13. The first-order valence-corrected chi connectivity index (χ1v) is 13.0. The summed E-state index contributed by atoms with van der Waals surface area (Å²) in [5.41, 5.74) is 4.05. The van der Waals surface area contributed by atoms with E-state index in [9.17, 15) is 18.0 Å². The Hall–Kier alpha value is -1.45. The first-order valence-electron chi connectivity index (χ1n) is 10.7. The number of hydrogen-bond acceptors (Lipinski definition) is 4. The number of nitrogens with two attached hydrogens (primary N) is 1. The number of nitrogens with one attached hydrogen (secondary N) is 1. The number of sulfonamides is 1. The van der Waals surface area contributed by atoms with Gasteiger partial charge in [-0.05, 0) is 91.8 Å². The Morgan fingerprint density at radius 3 is 2.29 bits per heavy atom. The van der Waals surface area contributed by atoms with Gasteiger partial charge in [0, 0.05) is 23.0 Å². The fraction of sp³-hybridized carbons (Fsp3) is 0.636. The Morgan fingerprint density at radius 1 is 1.16 bits per heavy atom. The van der Waals surface area contributed by atoms with Gasteiger partial charge in [0.15, 0.2) is 0 Å². The van der Waals surface area contributed by atoms with Crippen molar-refractivity contribution in [2.75, 3.05) is 7.05 Å². The van der Waals surface area contributed by atoms with Crippen LogP contribution in [-0.2, 0) is 19.6 Å². The summed E-state index contributed by atoms with van der Waals surface area (Å²) in [5, 5.41) is 3.17. The van der Waals surface area contributed by atoms with E-state index in [2.05, 4.69) is 21.2 Å². The van der Waals surface area contributed by atoms with Crippen LogP contribution in [0.5, 0.6) is 0 Å². The molecule has 4 saturated carbocycles. The summed E-state index contributed by atoms with van der Waals surface area (Å²) in [7, 11) is -2.45. The first kappa shape index (κ1) is 22.7. The maximum Gasteiger partial charge on any atom is 0.244 e. The van der Waals surface area contributed by atoms with E-state index in [0.717, 1.165) is 23.6 Å². The molecule has 0 saturated heterocycles. The number of benzene rings is 1. The number of amides is 2. The predicted octanol–water partition coefficient (Wildman–Crippen LogP) is 2.64. The van der Waals surface area contributed by atoms with Gasteiger partial charge in [-0.2, -0.15) is 4.31 Å². The largest absolute Gasteiger partial charge is 0.369 e. The van der Waals surface area contributed by atoms with Gasteiger partial charge in [-0.15, -0.1) is 0 Å². The van der Waals surface area contributed by atoms with E-state index >= 15 is 0 Å². The number of likely N-dealkylation sites (N-methyl/N-ethyl adjacent to an activating group) is 1. The van der Waals surface area contributed by atoms with E-state index in [0.29, 0.717) is 23.2 Å². The summed E-state index contributed by atoms with van der Waals surface area (Å²) >= 11 is 3.30. The van der Waals surface area contributed by atoms with E-state index in [1.165, 1.54) is 13.1 Å². The molecule has 7 nitrogen and oxygen atoms in total. The van der Waals surface area contributed by atoms with Crippen molar-refractivity contribution >= 4 is 37.8 Å². The fourth-order valence-corrected chi connectivity index (χ4v) is 8.58. The zero-order valence-electron chi connectivity index (χ0n) is 18.1. The molecule has 4 aliphatic carbocycles. The standard InChI is InChI=1S/C22H30BrN3O4S/c1-21(2,26(3)31(29,30)17-7-5-4-6-16(17)23)20(28)25-18-14-8-13-9-15(18)12-22(10-13,11-14)19(24)27/h4-7,13-15,18H,8-12H2,1-3H3,(H2,24,27)(H,25,28). The third-order valence-corrected chi connectivity index (χ3v) is 11.0. The number of primary amides is 1. The molecule has 3 N–H and O–H groups in total. The molecule has 9 heteroatoms. The summed E-state index contributed by atoms with van der Waals surface area (Å²) in [6.07, 6.45) is 4.27. The van der Waals surface area contributed by atoms with Crippen LogP contribution < -0.4 is 11.1 Å². The second-order valence-electron chi connectivity index (χ2n) is 10.1. The van der Waals surface area contributed by atoms with E-state index in [1.54, 1.807) is 32.0 Å². The molecule has 31 heavy (non-hydrogen) atoms. The number of rotatable bonds is 6. The lowest BCUT2D eigenvalue weighted by Gasteiger charge is -2.59. The molecule has 1 aromatic carbocycles. The smallest absolute Gasteiger partial charge is 0.244 e. The number of carbonyl (C=O) groups excluding carboxylic acids is 2. The number of nitrogens with zero attached hydrogens (tertiary/aromatic N) is 1. The van der Waals surface area contributed by atoms with Crippen molar-refractivity contribution < 1.29 is 18.0 Å². The van der Waals surface area contributed by atoms with Crippen molar-refractivity contribution in [1.82, 2.24) is 9.62 Å². The van der Waals surface area contributed by atoms with Crippen molar-refractivity contribution in [1.29, 1.82) is 0 Å². The topological polar surface area (TPSA) is 110 Å². The van der Waals surface area contributed by atoms with Gasteiger partial charge in [-0.25, -0.2) is 8.42 Å². The van der Waals surface area contributed by atoms with Gasteiger partial charge in [-0.1, -0.05) is 12.1 Å². The van der Waals surface area contributed by atoms with E-state index in [-0.39, 0.29) is 34.6 Å². The molecule has 0 aliphatic heterocycles. The lowest BCUT2D eigenvalue weighted by Crippen LogP contribution is -2.65. The minimum absolute atomic E-state index is 0.0460. The lowest BCUT2D eigenvalue weighted by molar-refractivity contribution is -0.148. The average Bonchev–Trinajstić information content (AvgIpc) is 2.69. The minimum atomic E-state index is -3.89. The van der Waals surface area contributed by atoms with Crippen molar-refractivity contribution in [3.05, 3.63) is 28.7 Å². The molecule has 170 valence electrons. The second-order valence-corrected chi connectivity index (χ2v) is 12.9. The minimum Gasteiger partial charge on any atom is -0.369 e. The molecule has 2 atom stereocenters. The first-order chi connectivity index (χ1) is 14.4. The quantitative estimate of drug-likeness (QED) is 0.611. The Morgan fingerprint density at radius 2 is 1.74 bits per heavy atom. The zero-order valence-corrected chi connectivity index (χ0v) is 20.5. The molecule has 5 rings (SSSR count). The van der Waals surface area contributed by atoms with Gasteiger partial charge >= 0.3 is 0 Å². The van der Waals surface area contributed by atoms with E-state index < -0.39 is 21.0 Å². The molecule has 4 fully saturated rings. The third-order valence-electron chi connectivity index (χ3n) is 7.91. The molecule has 0 aromatic heterocycles. The number of halogens is 1. The van der Waals surface area contributed by atoms with Crippen LogP contribution in [0.1, 0.15) is 46.0 Å². The zero-order chi connectivity index (χ0) is 22.8. The molecule has 0 heterocycles. The van der Waals surface area contributed by atoms with Crippen LogP contribution in [0.4, 0.5) is 0 Å². The normalized spacial score (nSPS) is 32.3. The number of hydrogen-bond donors (Lipinski definition) is 2. The van der Waals surface area contributed by atoms with Crippen LogP contribution in [0.2, 0.25) is 0 Å². The van der Waals surface area contributed by atoms with Crippen LogP contribution in [0, 0.1) is 23.2 Å². The monoisotopic (exact) mass is 511 g/mol. The molecule has 4 bridgehead atoms. The Kier molecular flexibility index (Phi) is 5.54. The molecule has 2 unspecified atom stereocenters. The van der Waals surface area contributed by atoms with Crippen LogP contribution in [0.3, 0.4) is 0 Å². The van der Waals surface area contributed by atoms with Gasteiger partial charge < -0.3 is 11.1 Å². The summed E-state index contributed by atoms with van der Waals surface area (Å²) < 4.78 is 28.0. The third kappa shape index (κ3) is 3.62. The molecular formula is C22H30BrN3O4S. The van der Waals surface area contributed by atoms with E-state index in [4.69, 9.17) is 5.73 Å². The second kappa shape index (κ2) is 7.56. The predicted molar refractivity (Wildman–Crippen MR) is 120 cm³/mol. The summed E-state index contributed by atoms with van der Waals surface area (Å²) in [6.45, 7) is 3.25. The Bertz CT molecular complexity index is 1010. The molecule has 0 radical (unpaired) electrons. The maximum absolute atomic E-state index is 13.4. The van der Waals surface area contributed by atoms with Gasteiger partial charge in [0.2, 0.25) is 21.8 Å². The highest BCUT2D eigenvalue weighted by molar-refractivity contribution is 9.10. The average molecular weight is 512 g/mol. The van der Waals surface area contributed by atoms with Crippen molar-refractivity contribution in [3.63, 3.8) is 0 Å². The SMILES string of the molecule is CN(C(C)(C)C(=O)NC1C2CC3CC1CC(C(N)=O)(C3)C2)S(=O)(=O)c1ccccc1Br. The highest BCUT2D eigenvalue weighted by atomic mass is 79.9. The molecular weight excluding hydrogens is 482 g/mol. The Balaban J connectivity index is 1.53. The Labute approximate surface area is 192 Å².